The first-order valence-electron chi connectivity index (χ1n) is 10.2. The quantitative estimate of drug-likeness (QED) is 0.521. The van der Waals surface area contributed by atoms with E-state index in [-0.39, 0.29) is 4.90 Å². The lowest BCUT2D eigenvalue weighted by Crippen LogP contribution is -2.40. The summed E-state index contributed by atoms with van der Waals surface area (Å²) in [5, 5.41) is 3.37. The molecule has 30 heavy (non-hydrogen) atoms. The van der Waals surface area contributed by atoms with Crippen molar-refractivity contribution >= 4 is 16.0 Å². The number of nitrogens with one attached hydrogen (secondary N) is 2. The molecule has 0 bridgehead atoms. The smallest absolute Gasteiger partial charge is 0.240 e. The third-order valence-corrected chi connectivity index (χ3v) is 6.71. The second kappa shape index (κ2) is 9.95. The fraction of sp³-hybridized carbons (Fsp3) is 0.409. The van der Waals surface area contributed by atoms with Gasteiger partial charge in [0.15, 0.2) is 5.96 Å². The van der Waals surface area contributed by atoms with Gasteiger partial charge in [0, 0.05) is 25.6 Å². The number of hydrogen-bond donors (Lipinski definition) is 2. The third-order valence-electron chi connectivity index (χ3n) is 5.30. The molecule has 1 heterocycles. The maximum absolute atomic E-state index is 12.0. The van der Waals surface area contributed by atoms with E-state index in [4.69, 9.17) is 9.73 Å². The summed E-state index contributed by atoms with van der Waals surface area (Å²) in [4.78, 5) is 7.29. The van der Waals surface area contributed by atoms with Gasteiger partial charge in [0.2, 0.25) is 10.0 Å². The minimum Gasteiger partial charge on any atom is -0.497 e. The molecule has 1 atom stereocenters. The van der Waals surface area contributed by atoms with Crippen LogP contribution >= 0.6 is 0 Å². The molecule has 8 heteroatoms. The van der Waals surface area contributed by atoms with Crippen molar-refractivity contribution < 1.29 is 13.2 Å². The lowest BCUT2D eigenvalue weighted by atomic mass is 9.98. The summed E-state index contributed by atoms with van der Waals surface area (Å²) in [6.45, 7) is 5.06. The van der Waals surface area contributed by atoms with E-state index in [1.807, 2.05) is 25.1 Å². The second-order valence-electron chi connectivity index (χ2n) is 7.23. The zero-order valence-corrected chi connectivity index (χ0v) is 18.6. The van der Waals surface area contributed by atoms with Crippen molar-refractivity contribution in [1.29, 1.82) is 0 Å². The average molecular weight is 431 g/mol. The standard InChI is InChI=1S/C22H30N4O3S/c1-4-24-22(25-15-17-6-5-7-21(14-17)30(27,28)23-2)26-13-12-19(16-26)18-8-10-20(29-3)11-9-18/h5-11,14,19,23H,4,12-13,15-16H2,1-3H3,(H,24,25). The van der Waals surface area contributed by atoms with Crippen molar-refractivity contribution in [1.82, 2.24) is 14.9 Å². The van der Waals surface area contributed by atoms with Gasteiger partial charge >= 0.3 is 0 Å². The summed E-state index contributed by atoms with van der Waals surface area (Å²) in [7, 11) is -0.373. The van der Waals surface area contributed by atoms with Crippen molar-refractivity contribution in [3.8, 4) is 5.75 Å². The molecule has 1 saturated heterocycles. The van der Waals surface area contributed by atoms with Crippen molar-refractivity contribution in [2.24, 2.45) is 4.99 Å². The topological polar surface area (TPSA) is 83.0 Å². The Morgan fingerprint density at radius 3 is 2.67 bits per heavy atom. The Bertz CT molecular complexity index is 974. The molecule has 2 N–H and O–H groups in total. The maximum Gasteiger partial charge on any atom is 0.240 e. The highest BCUT2D eigenvalue weighted by molar-refractivity contribution is 7.89. The van der Waals surface area contributed by atoms with Gasteiger partial charge in [0.25, 0.3) is 0 Å². The van der Waals surface area contributed by atoms with E-state index < -0.39 is 10.0 Å². The van der Waals surface area contributed by atoms with E-state index in [2.05, 4.69) is 27.1 Å². The van der Waals surface area contributed by atoms with Crippen LogP contribution in [0.4, 0.5) is 0 Å². The van der Waals surface area contributed by atoms with Gasteiger partial charge in [-0.05, 0) is 55.8 Å². The Balaban J connectivity index is 1.71. The molecule has 0 aromatic heterocycles. The van der Waals surface area contributed by atoms with Gasteiger partial charge in [-0.1, -0.05) is 24.3 Å². The Labute approximate surface area is 179 Å². The van der Waals surface area contributed by atoms with Crippen molar-refractivity contribution in [3.05, 3.63) is 59.7 Å². The fourth-order valence-corrected chi connectivity index (χ4v) is 4.42. The lowest BCUT2D eigenvalue weighted by Gasteiger charge is -2.22. The first-order valence-corrected chi connectivity index (χ1v) is 11.6. The predicted octanol–water partition coefficient (Wildman–Crippen LogP) is 2.56. The van der Waals surface area contributed by atoms with Crippen LogP contribution in [0.3, 0.4) is 0 Å². The summed E-state index contributed by atoms with van der Waals surface area (Å²) in [6, 6.07) is 15.2. The van der Waals surface area contributed by atoms with Crippen LogP contribution in [0.5, 0.6) is 5.75 Å². The van der Waals surface area contributed by atoms with Gasteiger partial charge in [-0.15, -0.1) is 0 Å². The summed E-state index contributed by atoms with van der Waals surface area (Å²) < 4.78 is 31.7. The highest BCUT2D eigenvalue weighted by Gasteiger charge is 2.26. The van der Waals surface area contributed by atoms with Gasteiger partial charge in [0.1, 0.15) is 5.75 Å². The number of rotatable bonds is 7. The van der Waals surface area contributed by atoms with Crippen LogP contribution in [0.2, 0.25) is 0 Å². The Kier molecular flexibility index (Phi) is 7.33. The Morgan fingerprint density at radius 2 is 2.00 bits per heavy atom. The van der Waals surface area contributed by atoms with Gasteiger partial charge in [-0.25, -0.2) is 18.1 Å². The SMILES string of the molecule is CCNC(=NCc1cccc(S(=O)(=O)NC)c1)N1CCC(c2ccc(OC)cc2)C1. The Morgan fingerprint density at radius 1 is 1.23 bits per heavy atom. The van der Waals surface area contributed by atoms with Crippen LogP contribution in [0, 0.1) is 0 Å². The van der Waals surface area contributed by atoms with E-state index in [0.29, 0.717) is 12.5 Å². The first kappa shape index (κ1) is 22.1. The maximum atomic E-state index is 12.0. The molecule has 1 aliphatic heterocycles. The zero-order valence-electron chi connectivity index (χ0n) is 17.8. The zero-order chi connectivity index (χ0) is 21.6. The van der Waals surface area contributed by atoms with Crippen LogP contribution < -0.4 is 14.8 Å². The van der Waals surface area contributed by atoms with Gasteiger partial charge < -0.3 is 15.0 Å². The van der Waals surface area contributed by atoms with Gasteiger partial charge in [0.05, 0.1) is 18.6 Å². The number of hydrogen-bond acceptors (Lipinski definition) is 4. The molecule has 3 rings (SSSR count). The molecule has 0 aliphatic carbocycles. The molecule has 0 saturated carbocycles. The number of methoxy groups -OCH3 is 1. The number of benzene rings is 2. The van der Waals surface area contributed by atoms with E-state index in [0.717, 1.165) is 43.3 Å². The summed E-state index contributed by atoms with van der Waals surface area (Å²) >= 11 is 0. The van der Waals surface area contributed by atoms with E-state index in [9.17, 15) is 8.42 Å². The molecule has 2 aromatic rings. The van der Waals surface area contributed by atoms with E-state index in [1.165, 1.54) is 12.6 Å². The highest BCUT2D eigenvalue weighted by Crippen LogP contribution is 2.28. The Hall–Kier alpha value is -2.58. The predicted molar refractivity (Wildman–Crippen MR) is 119 cm³/mol. The van der Waals surface area contributed by atoms with E-state index in [1.54, 1.807) is 25.3 Å². The highest BCUT2D eigenvalue weighted by atomic mass is 32.2. The van der Waals surface area contributed by atoms with Crippen LogP contribution in [-0.2, 0) is 16.6 Å². The molecule has 7 nitrogen and oxygen atoms in total. The lowest BCUT2D eigenvalue weighted by molar-refractivity contribution is 0.414. The number of nitrogens with zero attached hydrogens (tertiary/aromatic N) is 2. The molecular formula is C22H30N4O3S. The van der Waals surface area contributed by atoms with Crippen LogP contribution in [0.25, 0.3) is 0 Å². The third kappa shape index (κ3) is 5.31. The number of guanidine groups is 1. The van der Waals surface area contributed by atoms with Gasteiger partial charge in [-0.2, -0.15) is 0 Å². The van der Waals surface area contributed by atoms with Crippen LogP contribution in [0.1, 0.15) is 30.4 Å². The molecule has 2 aromatic carbocycles. The first-order chi connectivity index (χ1) is 14.5. The molecule has 1 aliphatic rings. The van der Waals surface area contributed by atoms with Crippen LogP contribution in [0.15, 0.2) is 58.4 Å². The number of likely N-dealkylation sites (tertiary alicyclic amines) is 1. The summed E-state index contributed by atoms with van der Waals surface area (Å²) in [5.41, 5.74) is 2.16. The largest absolute Gasteiger partial charge is 0.497 e. The normalized spacial score (nSPS) is 17.2. The van der Waals surface area contributed by atoms with Crippen molar-refractivity contribution in [2.45, 2.75) is 30.7 Å². The van der Waals surface area contributed by atoms with Crippen LogP contribution in [-0.4, -0.2) is 53.1 Å². The molecular weight excluding hydrogens is 400 g/mol. The molecule has 1 unspecified atom stereocenters. The minimum absolute atomic E-state index is 0.253. The summed E-state index contributed by atoms with van der Waals surface area (Å²) in [5.74, 6) is 2.17. The molecule has 162 valence electrons. The van der Waals surface area contributed by atoms with Crippen molar-refractivity contribution in [3.63, 3.8) is 0 Å². The summed E-state index contributed by atoms with van der Waals surface area (Å²) in [6.07, 6.45) is 1.06. The minimum atomic E-state index is -3.46. The average Bonchev–Trinajstić information content (AvgIpc) is 3.27. The molecule has 0 amide bonds. The molecule has 0 spiro atoms. The number of aliphatic imine (C=N–C) groups is 1. The fourth-order valence-electron chi connectivity index (χ4n) is 3.62. The molecule has 1 fully saturated rings. The monoisotopic (exact) mass is 430 g/mol. The number of sulfonamides is 1. The van der Waals surface area contributed by atoms with Crippen molar-refractivity contribution in [2.75, 3.05) is 33.8 Å². The second-order valence-corrected chi connectivity index (χ2v) is 9.12. The van der Waals surface area contributed by atoms with E-state index >= 15 is 0 Å². The molecule has 0 radical (unpaired) electrons. The van der Waals surface area contributed by atoms with Gasteiger partial charge in [-0.3, -0.25) is 0 Å². The number of ether oxygens (including phenoxy) is 1.